The summed E-state index contributed by atoms with van der Waals surface area (Å²) in [6.45, 7) is 3.08. The molecule has 4 rings (SSSR count). The topological polar surface area (TPSA) is 110 Å². The van der Waals surface area contributed by atoms with Crippen molar-refractivity contribution < 1.29 is 18.7 Å². The molecule has 2 amide bonds. The van der Waals surface area contributed by atoms with Gasteiger partial charge in [-0.15, -0.1) is 0 Å². The zero-order chi connectivity index (χ0) is 24.1. The molecule has 8 nitrogen and oxygen atoms in total. The quantitative estimate of drug-likeness (QED) is 0.473. The van der Waals surface area contributed by atoms with Crippen molar-refractivity contribution in [2.24, 2.45) is 0 Å². The lowest BCUT2D eigenvalue weighted by Gasteiger charge is -2.15. The lowest BCUT2D eigenvalue weighted by atomic mass is 10.0. The van der Waals surface area contributed by atoms with Gasteiger partial charge in [-0.2, -0.15) is 0 Å². The van der Waals surface area contributed by atoms with Crippen LogP contribution < -0.4 is 21.3 Å². The Morgan fingerprint density at radius 3 is 2.71 bits per heavy atom. The molecule has 176 valence electrons. The number of carbonyl (C=O) groups excluding carboxylic acids is 2. The van der Waals surface area contributed by atoms with Crippen molar-refractivity contribution >= 4 is 23.4 Å². The molecule has 0 saturated carbocycles. The Bertz CT molecular complexity index is 1190. The number of carbonyl (C=O) groups is 2. The second-order valence-corrected chi connectivity index (χ2v) is 8.09. The Morgan fingerprint density at radius 1 is 1.21 bits per heavy atom. The molecule has 0 bridgehead atoms. The summed E-state index contributed by atoms with van der Waals surface area (Å²) in [5.41, 5.74) is 10.2. The number of amides is 2. The van der Waals surface area contributed by atoms with E-state index in [0.29, 0.717) is 30.0 Å². The molecule has 4 N–H and O–H groups in total. The van der Waals surface area contributed by atoms with E-state index in [1.54, 1.807) is 30.6 Å². The van der Waals surface area contributed by atoms with Gasteiger partial charge in [0.05, 0.1) is 18.8 Å². The summed E-state index contributed by atoms with van der Waals surface area (Å²) in [6, 6.07) is 14.0. The van der Waals surface area contributed by atoms with Crippen LogP contribution in [-0.4, -0.2) is 36.2 Å². The molecule has 1 aliphatic rings. The number of cyclic esters (lactones) is 1. The molecular formula is C25H26FN5O3. The van der Waals surface area contributed by atoms with E-state index in [-0.39, 0.29) is 19.0 Å². The second kappa shape index (κ2) is 10.3. The zero-order valence-electron chi connectivity index (χ0n) is 18.8. The molecule has 9 heteroatoms. The molecule has 1 fully saturated rings. The fourth-order valence-corrected chi connectivity index (χ4v) is 3.73. The third-order valence-electron chi connectivity index (χ3n) is 5.57. The van der Waals surface area contributed by atoms with Crippen molar-refractivity contribution in [1.29, 1.82) is 0 Å². The van der Waals surface area contributed by atoms with Crippen LogP contribution in [0.2, 0.25) is 0 Å². The number of nitrogens with zero attached hydrogens (tertiary/aromatic N) is 2. The highest BCUT2D eigenvalue weighted by Crippen LogP contribution is 2.29. The summed E-state index contributed by atoms with van der Waals surface area (Å²) in [7, 11) is 0. The number of benzene rings is 2. The Labute approximate surface area is 196 Å². The van der Waals surface area contributed by atoms with Crippen molar-refractivity contribution in [2.75, 3.05) is 23.7 Å². The van der Waals surface area contributed by atoms with E-state index in [4.69, 9.17) is 10.5 Å². The van der Waals surface area contributed by atoms with Crippen LogP contribution in [-0.2, 0) is 22.6 Å². The van der Waals surface area contributed by atoms with Gasteiger partial charge < -0.3 is 21.1 Å². The third kappa shape index (κ3) is 5.49. The molecular weight excluding hydrogens is 437 g/mol. The van der Waals surface area contributed by atoms with Gasteiger partial charge in [-0.25, -0.2) is 9.18 Å². The lowest BCUT2D eigenvalue weighted by molar-refractivity contribution is -0.119. The van der Waals surface area contributed by atoms with Gasteiger partial charge in [-0.05, 0) is 35.4 Å². The summed E-state index contributed by atoms with van der Waals surface area (Å²) >= 11 is 0. The van der Waals surface area contributed by atoms with Crippen molar-refractivity contribution in [3.05, 3.63) is 77.9 Å². The van der Waals surface area contributed by atoms with Crippen LogP contribution in [0.1, 0.15) is 18.1 Å². The van der Waals surface area contributed by atoms with Crippen LogP contribution in [0.25, 0.3) is 11.1 Å². The first-order valence-electron chi connectivity index (χ1n) is 10.9. The number of halogens is 1. The summed E-state index contributed by atoms with van der Waals surface area (Å²) in [6.07, 6.45) is 2.36. The molecule has 0 unspecified atom stereocenters. The molecule has 1 atom stereocenters. The summed E-state index contributed by atoms with van der Waals surface area (Å²) in [5.74, 6) is -0.640. The Hall–Kier alpha value is -3.98. The number of nitrogens with one attached hydrogen (secondary N) is 2. The molecule has 0 radical (unpaired) electrons. The van der Waals surface area contributed by atoms with Gasteiger partial charge in [0.25, 0.3) is 0 Å². The van der Waals surface area contributed by atoms with Crippen molar-refractivity contribution in [3.63, 3.8) is 0 Å². The molecule has 0 aliphatic carbocycles. The van der Waals surface area contributed by atoms with Crippen LogP contribution in [0.15, 0.2) is 60.9 Å². The first-order valence-corrected chi connectivity index (χ1v) is 10.9. The Kier molecular flexibility index (Phi) is 7.03. The zero-order valence-corrected chi connectivity index (χ0v) is 18.8. The van der Waals surface area contributed by atoms with Crippen LogP contribution in [0.3, 0.4) is 0 Å². The minimum Gasteiger partial charge on any atom is -0.442 e. The fourth-order valence-electron chi connectivity index (χ4n) is 3.73. The maximum absolute atomic E-state index is 14.9. The lowest BCUT2D eigenvalue weighted by Crippen LogP contribution is -2.33. The third-order valence-corrected chi connectivity index (χ3v) is 5.57. The molecule has 34 heavy (non-hydrogen) atoms. The molecule has 1 aliphatic heterocycles. The van der Waals surface area contributed by atoms with E-state index in [0.717, 1.165) is 16.7 Å². The highest BCUT2D eigenvalue weighted by atomic mass is 19.1. The average molecular weight is 464 g/mol. The van der Waals surface area contributed by atoms with E-state index in [2.05, 4.69) is 15.6 Å². The number of ether oxygens (including phenoxy) is 1. The number of rotatable bonds is 8. The van der Waals surface area contributed by atoms with Crippen LogP contribution in [0.5, 0.6) is 0 Å². The SMILES string of the molecule is CC(=O)NC[C@H]1CN(c2ccc(-c3ccc(CNCc4cnccc4N)cc3)c(F)c2)C(=O)O1. The number of hydrogen-bond acceptors (Lipinski definition) is 6. The van der Waals surface area contributed by atoms with Crippen LogP contribution in [0, 0.1) is 5.82 Å². The van der Waals surface area contributed by atoms with Crippen molar-refractivity contribution in [1.82, 2.24) is 15.6 Å². The van der Waals surface area contributed by atoms with Gasteiger partial charge >= 0.3 is 6.09 Å². The van der Waals surface area contributed by atoms with Gasteiger partial charge in [-0.3, -0.25) is 14.7 Å². The maximum Gasteiger partial charge on any atom is 0.414 e. The smallest absolute Gasteiger partial charge is 0.414 e. The number of nitrogens with two attached hydrogens (primary N) is 1. The van der Waals surface area contributed by atoms with Crippen LogP contribution in [0.4, 0.5) is 20.6 Å². The maximum atomic E-state index is 14.9. The van der Waals surface area contributed by atoms with Crippen molar-refractivity contribution in [2.45, 2.75) is 26.1 Å². The Morgan fingerprint density at radius 2 is 2.00 bits per heavy atom. The standard InChI is InChI=1S/C25H26FN5O3/c1-16(32)30-14-21-15-31(25(33)34-21)20-6-7-22(23(26)10-20)18-4-2-17(3-5-18)11-29-13-19-12-28-9-8-24(19)27/h2-10,12,21,29H,11,13-15H2,1H3,(H2,27,28)(H,30,32)/t21-/m0/s1. The predicted octanol–water partition coefficient (Wildman–Crippen LogP) is 3.22. The van der Waals surface area contributed by atoms with Gasteiger partial charge in [-0.1, -0.05) is 24.3 Å². The highest BCUT2D eigenvalue weighted by Gasteiger charge is 2.32. The predicted molar refractivity (Wildman–Crippen MR) is 127 cm³/mol. The van der Waals surface area contributed by atoms with E-state index in [1.807, 2.05) is 24.3 Å². The summed E-state index contributed by atoms with van der Waals surface area (Å²) < 4.78 is 20.2. The number of hydrogen-bond donors (Lipinski definition) is 3. The number of aromatic nitrogens is 1. The van der Waals surface area contributed by atoms with Gasteiger partial charge in [0.1, 0.15) is 11.9 Å². The molecule has 1 saturated heterocycles. The second-order valence-electron chi connectivity index (χ2n) is 8.09. The summed E-state index contributed by atoms with van der Waals surface area (Å²) in [4.78, 5) is 28.7. The number of pyridine rings is 1. The monoisotopic (exact) mass is 463 g/mol. The molecule has 1 aromatic heterocycles. The largest absolute Gasteiger partial charge is 0.442 e. The normalized spacial score (nSPS) is 15.3. The fraction of sp³-hybridized carbons (Fsp3) is 0.240. The number of anilines is 2. The van der Waals surface area contributed by atoms with E-state index in [9.17, 15) is 14.0 Å². The minimum absolute atomic E-state index is 0.204. The minimum atomic E-state index is -0.563. The van der Waals surface area contributed by atoms with Gasteiger partial charge in [0, 0.05) is 49.2 Å². The van der Waals surface area contributed by atoms with E-state index in [1.165, 1.54) is 17.9 Å². The summed E-state index contributed by atoms with van der Waals surface area (Å²) in [5, 5.41) is 5.94. The molecule has 3 aromatic rings. The van der Waals surface area contributed by atoms with Gasteiger partial charge in [0.2, 0.25) is 5.91 Å². The average Bonchev–Trinajstić information content (AvgIpc) is 3.20. The van der Waals surface area contributed by atoms with Crippen LogP contribution >= 0.6 is 0 Å². The number of nitrogen functional groups attached to an aromatic ring is 1. The molecule has 0 spiro atoms. The van der Waals surface area contributed by atoms with E-state index >= 15 is 0 Å². The first-order chi connectivity index (χ1) is 16.4. The highest BCUT2D eigenvalue weighted by molar-refractivity contribution is 5.90. The van der Waals surface area contributed by atoms with Crippen molar-refractivity contribution in [3.8, 4) is 11.1 Å². The first kappa shape index (κ1) is 23.2. The van der Waals surface area contributed by atoms with E-state index < -0.39 is 18.0 Å². The van der Waals surface area contributed by atoms with Gasteiger partial charge in [0.15, 0.2) is 0 Å². The molecule has 2 heterocycles. The molecule has 2 aromatic carbocycles. The Balaban J connectivity index is 1.37.